The highest BCUT2D eigenvalue weighted by molar-refractivity contribution is 5.80. The molecule has 2 saturated carbocycles. The highest BCUT2D eigenvalue weighted by Crippen LogP contribution is 2.45. The number of hydrogen-bond acceptors (Lipinski definition) is 3. The van der Waals surface area contributed by atoms with E-state index in [2.05, 4.69) is 34.3 Å². The number of nitrogens with zero attached hydrogens (tertiary/aromatic N) is 1. The molecule has 5 nitrogen and oxygen atoms in total. The largest absolute Gasteiger partial charge is 0.453 e. The lowest BCUT2D eigenvalue weighted by Crippen LogP contribution is -2.51. The Hall–Kier alpha value is -2.04. The minimum Gasteiger partial charge on any atom is -0.453 e. The molecule has 0 unspecified atom stereocenters. The maximum Gasteiger partial charge on any atom is 0.407 e. The Morgan fingerprint density at radius 2 is 1.58 bits per heavy atom. The molecule has 3 fully saturated rings. The van der Waals surface area contributed by atoms with Crippen molar-refractivity contribution in [2.24, 2.45) is 5.92 Å². The molecule has 1 aliphatic heterocycles. The molecular formula is C21H28N2O3. The molecule has 26 heavy (non-hydrogen) atoms. The third kappa shape index (κ3) is 3.57. The number of piperidine rings is 1. The third-order valence-electron chi connectivity index (χ3n) is 6.25. The van der Waals surface area contributed by atoms with Crippen LogP contribution in [0, 0.1) is 5.92 Å². The second-order valence-corrected chi connectivity index (χ2v) is 8.00. The van der Waals surface area contributed by atoms with Gasteiger partial charge in [-0.05, 0) is 61.5 Å². The van der Waals surface area contributed by atoms with Crippen LogP contribution in [0.4, 0.5) is 4.79 Å². The van der Waals surface area contributed by atoms with Crippen molar-refractivity contribution in [2.45, 2.75) is 56.4 Å². The van der Waals surface area contributed by atoms with Gasteiger partial charge < -0.3 is 15.0 Å². The summed E-state index contributed by atoms with van der Waals surface area (Å²) in [5.74, 6) is 1.69. The van der Waals surface area contributed by atoms with Gasteiger partial charge in [-0.2, -0.15) is 0 Å². The van der Waals surface area contributed by atoms with E-state index < -0.39 is 6.09 Å². The maximum absolute atomic E-state index is 12.7. The summed E-state index contributed by atoms with van der Waals surface area (Å²) in [6, 6.07) is 8.99. The lowest BCUT2D eigenvalue weighted by molar-refractivity contribution is -0.140. The van der Waals surface area contributed by atoms with Crippen molar-refractivity contribution >= 4 is 12.0 Å². The van der Waals surface area contributed by atoms with Gasteiger partial charge in [0.25, 0.3) is 0 Å². The Bertz CT molecular complexity index is 672. The van der Waals surface area contributed by atoms with Crippen LogP contribution in [0.15, 0.2) is 24.3 Å². The number of rotatable bonds is 4. The van der Waals surface area contributed by atoms with Crippen molar-refractivity contribution in [3.05, 3.63) is 35.4 Å². The van der Waals surface area contributed by atoms with Crippen molar-refractivity contribution in [2.75, 3.05) is 20.2 Å². The van der Waals surface area contributed by atoms with E-state index in [1.165, 1.54) is 25.5 Å². The Labute approximate surface area is 155 Å². The summed E-state index contributed by atoms with van der Waals surface area (Å²) in [5, 5.41) is 2.77. The van der Waals surface area contributed by atoms with Gasteiger partial charge in [-0.1, -0.05) is 24.3 Å². The second-order valence-electron chi connectivity index (χ2n) is 8.00. The normalized spacial score (nSPS) is 26.1. The van der Waals surface area contributed by atoms with Crippen LogP contribution >= 0.6 is 0 Å². The molecule has 0 spiro atoms. The van der Waals surface area contributed by atoms with Crippen molar-refractivity contribution in [3.63, 3.8) is 0 Å². The molecule has 2 aliphatic carbocycles. The zero-order valence-corrected chi connectivity index (χ0v) is 15.4. The van der Waals surface area contributed by atoms with Gasteiger partial charge in [0.15, 0.2) is 0 Å². The minimum atomic E-state index is -0.406. The lowest BCUT2D eigenvalue weighted by atomic mass is 9.78. The number of carbonyl (C=O) groups excluding carboxylic acids is 2. The number of nitrogens with one attached hydrogen (secondary N) is 1. The predicted molar refractivity (Wildman–Crippen MR) is 99.0 cm³/mol. The number of amides is 2. The number of ether oxygens (including phenoxy) is 1. The molecule has 1 aromatic rings. The summed E-state index contributed by atoms with van der Waals surface area (Å²) < 4.78 is 4.61. The average Bonchev–Trinajstić information content (AvgIpc) is 3.49. The highest BCUT2D eigenvalue weighted by Gasteiger charge is 2.39. The quantitative estimate of drug-likeness (QED) is 0.899. The first-order valence-corrected chi connectivity index (χ1v) is 9.87. The zero-order chi connectivity index (χ0) is 18.1. The Morgan fingerprint density at radius 1 is 1.00 bits per heavy atom. The van der Waals surface area contributed by atoms with E-state index in [0.29, 0.717) is 5.92 Å². The molecule has 1 N–H and O–H groups in total. The second kappa shape index (κ2) is 7.29. The van der Waals surface area contributed by atoms with Crippen LogP contribution < -0.4 is 5.32 Å². The third-order valence-corrected chi connectivity index (χ3v) is 6.25. The van der Waals surface area contributed by atoms with Gasteiger partial charge in [-0.25, -0.2) is 4.79 Å². The summed E-state index contributed by atoms with van der Waals surface area (Å²) >= 11 is 0. The van der Waals surface area contributed by atoms with Gasteiger partial charge in [0.05, 0.1) is 7.11 Å². The van der Waals surface area contributed by atoms with Crippen LogP contribution in [0.2, 0.25) is 0 Å². The molecule has 2 amide bonds. The fourth-order valence-electron chi connectivity index (χ4n) is 4.48. The van der Waals surface area contributed by atoms with Crippen LogP contribution in [-0.2, 0) is 9.53 Å². The first kappa shape index (κ1) is 17.4. The maximum atomic E-state index is 12.7. The summed E-state index contributed by atoms with van der Waals surface area (Å²) in [7, 11) is 1.36. The monoisotopic (exact) mass is 356 g/mol. The topological polar surface area (TPSA) is 58.6 Å². The molecule has 4 rings (SSSR count). The first-order valence-electron chi connectivity index (χ1n) is 9.87. The van der Waals surface area contributed by atoms with E-state index >= 15 is 0 Å². The van der Waals surface area contributed by atoms with Crippen LogP contribution in [0.1, 0.15) is 61.5 Å². The van der Waals surface area contributed by atoms with Crippen LogP contribution in [0.5, 0.6) is 0 Å². The van der Waals surface area contributed by atoms with E-state index in [9.17, 15) is 9.59 Å². The highest BCUT2D eigenvalue weighted by atomic mass is 16.5. The van der Waals surface area contributed by atoms with E-state index in [1.807, 2.05) is 4.90 Å². The fraction of sp³-hybridized carbons (Fsp3) is 0.619. The molecule has 5 heteroatoms. The fourth-order valence-corrected chi connectivity index (χ4v) is 4.48. The molecule has 0 atom stereocenters. The van der Waals surface area contributed by atoms with Crippen molar-refractivity contribution in [3.8, 4) is 0 Å². The summed E-state index contributed by atoms with van der Waals surface area (Å²) in [6.07, 6.45) is 5.85. The Morgan fingerprint density at radius 3 is 2.12 bits per heavy atom. The molecular weight excluding hydrogens is 328 g/mol. The van der Waals surface area contributed by atoms with E-state index in [-0.39, 0.29) is 17.9 Å². The SMILES string of the molecule is COC(=O)NC1CC(C(=O)N2CCC(c3ccccc3C3CC3)CC2)C1. The van der Waals surface area contributed by atoms with E-state index in [4.69, 9.17) is 0 Å². The van der Waals surface area contributed by atoms with E-state index in [1.54, 1.807) is 5.56 Å². The standard InChI is InChI=1S/C21H28N2O3/c1-26-21(25)22-17-12-16(13-17)20(24)23-10-8-15(9-11-23)19-5-3-2-4-18(19)14-6-7-14/h2-5,14-17H,6-13H2,1H3,(H,22,25). The predicted octanol–water partition coefficient (Wildman–Crippen LogP) is 3.40. The smallest absolute Gasteiger partial charge is 0.407 e. The van der Waals surface area contributed by atoms with Crippen LogP contribution in [0.3, 0.4) is 0 Å². The molecule has 1 aromatic carbocycles. The number of benzene rings is 1. The number of hydrogen-bond donors (Lipinski definition) is 1. The van der Waals surface area contributed by atoms with Gasteiger partial charge in [0, 0.05) is 25.0 Å². The van der Waals surface area contributed by atoms with E-state index in [0.717, 1.165) is 44.7 Å². The summed E-state index contributed by atoms with van der Waals surface area (Å²) in [6.45, 7) is 1.71. The summed E-state index contributed by atoms with van der Waals surface area (Å²) in [4.78, 5) is 25.9. The van der Waals surface area contributed by atoms with Crippen LogP contribution in [0.25, 0.3) is 0 Å². The van der Waals surface area contributed by atoms with Gasteiger partial charge in [0.1, 0.15) is 0 Å². The minimum absolute atomic E-state index is 0.0625. The van der Waals surface area contributed by atoms with Gasteiger partial charge in [-0.3, -0.25) is 4.79 Å². The lowest BCUT2D eigenvalue weighted by Gasteiger charge is -2.40. The average molecular weight is 356 g/mol. The number of methoxy groups -OCH3 is 1. The molecule has 140 valence electrons. The van der Waals surface area contributed by atoms with Gasteiger partial charge in [0.2, 0.25) is 5.91 Å². The molecule has 0 aromatic heterocycles. The molecule has 0 radical (unpaired) electrons. The molecule has 1 heterocycles. The van der Waals surface area contributed by atoms with Crippen molar-refractivity contribution < 1.29 is 14.3 Å². The first-order chi connectivity index (χ1) is 12.7. The number of alkyl carbamates (subject to hydrolysis) is 1. The summed E-state index contributed by atoms with van der Waals surface area (Å²) in [5.41, 5.74) is 3.07. The van der Waals surface area contributed by atoms with Crippen molar-refractivity contribution in [1.29, 1.82) is 0 Å². The van der Waals surface area contributed by atoms with Gasteiger partial charge >= 0.3 is 6.09 Å². The number of carbonyl (C=O) groups is 2. The number of likely N-dealkylation sites (tertiary alicyclic amines) is 1. The zero-order valence-electron chi connectivity index (χ0n) is 15.4. The molecule has 1 saturated heterocycles. The molecule has 0 bridgehead atoms. The van der Waals surface area contributed by atoms with Gasteiger partial charge in [-0.15, -0.1) is 0 Å². The Kier molecular flexibility index (Phi) is 4.88. The van der Waals surface area contributed by atoms with Crippen LogP contribution in [-0.4, -0.2) is 43.1 Å². The van der Waals surface area contributed by atoms with Crippen molar-refractivity contribution in [1.82, 2.24) is 10.2 Å². The molecule has 3 aliphatic rings. The Balaban J connectivity index is 1.28.